The third-order valence-corrected chi connectivity index (χ3v) is 4.22. The van der Waals surface area contributed by atoms with Crippen molar-refractivity contribution < 1.29 is 0 Å². The first kappa shape index (κ1) is 10.4. The number of nitrogens with two attached hydrogens (primary N) is 1. The molecule has 1 unspecified atom stereocenters. The maximum absolute atomic E-state index is 6.59. The summed E-state index contributed by atoms with van der Waals surface area (Å²) in [5.41, 5.74) is 6.75. The number of rotatable bonds is 2. The Morgan fingerprint density at radius 2 is 1.93 bits per heavy atom. The van der Waals surface area contributed by atoms with Gasteiger partial charge in [0, 0.05) is 11.6 Å². The van der Waals surface area contributed by atoms with Crippen LogP contribution in [0.4, 0.5) is 0 Å². The average Bonchev–Trinajstić information content (AvgIpc) is 2.67. The molecule has 1 aliphatic carbocycles. The third-order valence-electron chi connectivity index (χ3n) is 4.22. The van der Waals surface area contributed by atoms with Crippen LogP contribution in [0.15, 0.2) is 0 Å². The molecule has 0 aromatic heterocycles. The molecule has 82 valence electrons. The first-order valence-electron chi connectivity index (χ1n) is 6.29. The van der Waals surface area contributed by atoms with E-state index in [0.29, 0.717) is 6.04 Å². The first-order valence-corrected chi connectivity index (χ1v) is 6.29. The Morgan fingerprint density at radius 1 is 1.21 bits per heavy atom. The van der Waals surface area contributed by atoms with Crippen LogP contribution in [0, 0.1) is 0 Å². The number of likely N-dealkylation sites (N-methyl/N-ethyl adjacent to an activating group) is 1. The van der Waals surface area contributed by atoms with Crippen LogP contribution in [0.1, 0.15) is 51.9 Å². The topological polar surface area (TPSA) is 29.3 Å². The van der Waals surface area contributed by atoms with Gasteiger partial charge in [-0.2, -0.15) is 0 Å². The van der Waals surface area contributed by atoms with Crippen molar-refractivity contribution in [2.75, 3.05) is 13.1 Å². The van der Waals surface area contributed by atoms with Crippen LogP contribution >= 0.6 is 0 Å². The average molecular weight is 196 g/mol. The lowest BCUT2D eigenvalue weighted by Gasteiger charge is -2.42. The van der Waals surface area contributed by atoms with Crippen LogP contribution in [-0.4, -0.2) is 29.6 Å². The lowest BCUT2D eigenvalue weighted by molar-refractivity contribution is 0.132. The van der Waals surface area contributed by atoms with Gasteiger partial charge in [-0.15, -0.1) is 0 Å². The summed E-state index contributed by atoms with van der Waals surface area (Å²) in [7, 11) is 0. The van der Waals surface area contributed by atoms with Gasteiger partial charge in [0.15, 0.2) is 0 Å². The molecule has 1 atom stereocenters. The minimum atomic E-state index is 0.158. The summed E-state index contributed by atoms with van der Waals surface area (Å²) in [6, 6.07) is 0.688. The van der Waals surface area contributed by atoms with Crippen LogP contribution in [0.2, 0.25) is 0 Å². The Balaban J connectivity index is 2.03. The van der Waals surface area contributed by atoms with Gasteiger partial charge < -0.3 is 5.73 Å². The molecule has 1 saturated heterocycles. The zero-order valence-corrected chi connectivity index (χ0v) is 9.47. The maximum Gasteiger partial charge on any atom is 0.0312 e. The zero-order valence-electron chi connectivity index (χ0n) is 9.47. The highest BCUT2D eigenvalue weighted by Gasteiger charge is 2.40. The molecule has 0 bridgehead atoms. The summed E-state index contributed by atoms with van der Waals surface area (Å²) in [6.45, 7) is 4.73. The molecule has 0 aromatic carbocycles. The molecule has 14 heavy (non-hydrogen) atoms. The first-order chi connectivity index (χ1) is 6.76. The summed E-state index contributed by atoms with van der Waals surface area (Å²) in [6.07, 6.45) is 9.32. The van der Waals surface area contributed by atoms with Crippen molar-refractivity contribution in [3.63, 3.8) is 0 Å². The molecular weight excluding hydrogens is 172 g/mol. The van der Waals surface area contributed by atoms with Crippen LogP contribution in [0.5, 0.6) is 0 Å². The van der Waals surface area contributed by atoms with E-state index in [4.69, 9.17) is 5.73 Å². The Kier molecular flexibility index (Phi) is 3.13. The van der Waals surface area contributed by atoms with Gasteiger partial charge in [-0.25, -0.2) is 0 Å². The van der Waals surface area contributed by atoms with Crippen molar-refractivity contribution in [3.05, 3.63) is 0 Å². The Hall–Kier alpha value is -0.0800. The molecule has 0 amide bonds. The molecule has 1 saturated carbocycles. The normalized spacial score (nSPS) is 33.4. The highest BCUT2D eigenvalue weighted by molar-refractivity contribution is 5.01. The van der Waals surface area contributed by atoms with Gasteiger partial charge >= 0.3 is 0 Å². The van der Waals surface area contributed by atoms with Crippen LogP contribution in [0.3, 0.4) is 0 Å². The molecule has 2 fully saturated rings. The van der Waals surface area contributed by atoms with E-state index in [1.807, 2.05) is 0 Å². The SMILES string of the molecule is CCN1CCCC1C1(N)CCCCC1. The van der Waals surface area contributed by atoms with E-state index in [-0.39, 0.29) is 5.54 Å². The van der Waals surface area contributed by atoms with Crippen LogP contribution in [-0.2, 0) is 0 Å². The summed E-state index contributed by atoms with van der Waals surface area (Å²) in [5, 5.41) is 0. The van der Waals surface area contributed by atoms with E-state index in [9.17, 15) is 0 Å². The fourth-order valence-electron chi connectivity index (χ4n) is 3.40. The number of nitrogens with zero attached hydrogens (tertiary/aromatic N) is 1. The molecule has 0 aromatic rings. The second-order valence-corrected chi connectivity index (χ2v) is 5.08. The summed E-state index contributed by atoms with van der Waals surface area (Å²) >= 11 is 0. The molecule has 2 rings (SSSR count). The van der Waals surface area contributed by atoms with E-state index in [1.54, 1.807) is 0 Å². The zero-order chi connectivity index (χ0) is 10.0. The van der Waals surface area contributed by atoms with E-state index < -0.39 is 0 Å². The van der Waals surface area contributed by atoms with Crippen molar-refractivity contribution in [2.45, 2.75) is 63.5 Å². The van der Waals surface area contributed by atoms with Gasteiger partial charge in [0.05, 0.1) is 0 Å². The Labute approximate surface area is 87.8 Å². The van der Waals surface area contributed by atoms with Gasteiger partial charge in [0.1, 0.15) is 0 Å². The molecule has 2 nitrogen and oxygen atoms in total. The predicted octanol–water partition coefficient (Wildman–Crippen LogP) is 2.13. The van der Waals surface area contributed by atoms with Gasteiger partial charge in [0.25, 0.3) is 0 Å². The second-order valence-electron chi connectivity index (χ2n) is 5.08. The standard InChI is InChI=1S/C12H24N2/c1-2-14-10-6-7-11(14)12(13)8-4-3-5-9-12/h11H,2-10,13H2,1H3. The number of hydrogen-bond donors (Lipinski definition) is 1. The van der Waals surface area contributed by atoms with Gasteiger partial charge in [0.2, 0.25) is 0 Å². The summed E-state index contributed by atoms with van der Waals surface area (Å²) < 4.78 is 0. The second kappa shape index (κ2) is 4.19. The predicted molar refractivity (Wildman–Crippen MR) is 60.3 cm³/mol. The lowest BCUT2D eigenvalue weighted by Crippen LogP contribution is -2.57. The van der Waals surface area contributed by atoms with E-state index in [1.165, 1.54) is 58.0 Å². The van der Waals surface area contributed by atoms with Crippen molar-refractivity contribution in [3.8, 4) is 0 Å². The molecule has 0 radical (unpaired) electrons. The fraction of sp³-hybridized carbons (Fsp3) is 1.00. The van der Waals surface area contributed by atoms with Crippen LogP contribution < -0.4 is 5.73 Å². The molecule has 0 spiro atoms. The van der Waals surface area contributed by atoms with E-state index >= 15 is 0 Å². The fourth-order valence-corrected chi connectivity index (χ4v) is 3.40. The number of hydrogen-bond acceptors (Lipinski definition) is 2. The summed E-state index contributed by atoms with van der Waals surface area (Å²) in [5.74, 6) is 0. The van der Waals surface area contributed by atoms with Gasteiger partial charge in [-0.05, 0) is 38.8 Å². The third kappa shape index (κ3) is 1.82. The summed E-state index contributed by atoms with van der Waals surface area (Å²) in [4.78, 5) is 2.60. The largest absolute Gasteiger partial charge is 0.324 e. The van der Waals surface area contributed by atoms with Gasteiger partial charge in [-0.3, -0.25) is 4.90 Å². The van der Waals surface area contributed by atoms with Crippen molar-refractivity contribution in [1.82, 2.24) is 4.90 Å². The Bertz CT molecular complexity index is 185. The smallest absolute Gasteiger partial charge is 0.0312 e. The van der Waals surface area contributed by atoms with Crippen molar-refractivity contribution in [1.29, 1.82) is 0 Å². The van der Waals surface area contributed by atoms with Gasteiger partial charge in [-0.1, -0.05) is 26.2 Å². The van der Waals surface area contributed by atoms with E-state index in [0.717, 1.165) is 0 Å². The molecule has 1 heterocycles. The number of likely N-dealkylation sites (tertiary alicyclic amines) is 1. The van der Waals surface area contributed by atoms with Crippen molar-refractivity contribution in [2.24, 2.45) is 5.73 Å². The molecule has 2 N–H and O–H groups in total. The monoisotopic (exact) mass is 196 g/mol. The lowest BCUT2D eigenvalue weighted by atomic mass is 9.76. The highest BCUT2D eigenvalue weighted by Crippen LogP contribution is 2.35. The van der Waals surface area contributed by atoms with Crippen molar-refractivity contribution >= 4 is 0 Å². The quantitative estimate of drug-likeness (QED) is 0.733. The minimum Gasteiger partial charge on any atom is -0.324 e. The maximum atomic E-state index is 6.59. The van der Waals surface area contributed by atoms with E-state index in [2.05, 4.69) is 11.8 Å². The molecular formula is C12H24N2. The Morgan fingerprint density at radius 3 is 2.57 bits per heavy atom. The van der Waals surface area contributed by atoms with Crippen LogP contribution in [0.25, 0.3) is 0 Å². The molecule has 2 aliphatic rings. The molecule has 1 aliphatic heterocycles. The minimum absolute atomic E-state index is 0.158. The molecule has 2 heteroatoms. The highest BCUT2D eigenvalue weighted by atomic mass is 15.2.